The third kappa shape index (κ3) is 6.95. The summed E-state index contributed by atoms with van der Waals surface area (Å²) in [5.41, 5.74) is 3.64. The summed E-state index contributed by atoms with van der Waals surface area (Å²) >= 11 is 0. The minimum atomic E-state index is -3.78. The van der Waals surface area contributed by atoms with E-state index in [4.69, 9.17) is 13.9 Å². The molecule has 0 aliphatic carbocycles. The first kappa shape index (κ1) is 26.5. The number of aryl methyl sites for hydroxylation is 2. The maximum Gasteiger partial charge on any atom is 0.322 e. The Labute approximate surface area is 205 Å². The fourth-order valence-electron chi connectivity index (χ4n) is 3.30. The van der Waals surface area contributed by atoms with E-state index in [1.54, 1.807) is 0 Å². The Morgan fingerprint density at radius 1 is 0.971 bits per heavy atom. The van der Waals surface area contributed by atoms with E-state index in [-0.39, 0.29) is 42.8 Å². The van der Waals surface area contributed by atoms with Gasteiger partial charge in [-0.15, -0.1) is 5.10 Å². The van der Waals surface area contributed by atoms with Crippen molar-refractivity contribution < 1.29 is 27.1 Å². The van der Waals surface area contributed by atoms with Crippen LogP contribution < -0.4 is 5.32 Å². The van der Waals surface area contributed by atoms with Crippen molar-refractivity contribution in [3.63, 3.8) is 0 Å². The van der Waals surface area contributed by atoms with Crippen LogP contribution in [0.5, 0.6) is 0 Å². The van der Waals surface area contributed by atoms with Crippen LogP contribution in [0.3, 0.4) is 0 Å². The van der Waals surface area contributed by atoms with E-state index >= 15 is 0 Å². The molecule has 0 saturated carbocycles. The SMILES string of the molecule is COCCN(CCOC)S(=O)(=O)c1ccc(C(=O)Nc2nnc(Cc3ccc(C)c(C)c3)o2)cc1. The first-order chi connectivity index (χ1) is 16.7. The number of nitrogens with one attached hydrogen (secondary N) is 1. The molecule has 0 spiro atoms. The highest BCUT2D eigenvalue weighted by atomic mass is 32.2. The molecule has 3 aromatic rings. The zero-order valence-electron chi connectivity index (χ0n) is 20.3. The van der Waals surface area contributed by atoms with Crippen LogP contribution in [-0.4, -0.2) is 69.4 Å². The summed E-state index contributed by atoms with van der Waals surface area (Å²) in [6, 6.07) is 11.7. The van der Waals surface area contributed by atoms with Gasteiger partial charge in [0.25, 0.3) is 5.91 Å². The quantitative estimate of drug-likeness (QED) is 0.401. The van der Waals surface area contributed by atoms with Gasteiger partial charge in [-0.3, -0.25) is 10.1 Å². The molecule has 10 nitrogen and oxygen atoms in total. The summed E-state index contributed by atoms with van der Waals surface area (Å²) in [6.07, 6.45) is 0.444. The van der Waals surface area contributed by atoms with Crippen LogP contribution in [0.1, 0.15) is 32.9 Å². The number of carbonyl (C=O) groups excluding carboxylic acids is 1. The maximum absolute atomic E-state index is 13.0. The Morgan fingerprint density at radius 2 is 1.63 bits per heavy atom. The Balaban J connectivity index is 1.66. The van der Waals surface area contributed by atoms with Gasteiger partial charge >= 0.3 is 6.01 Å². The van der Waals surface area contributed by atoms with Gasteiger partial charge in [0, 0.05) is 32.9 Å². The Hall–Kier alpha value is -3.12. The number of benzene rings is 2. The summed E-state index contributed by atoms with van der Waals surface area (Å²) in [6.45, 7) is 4.95. The average molecular weight is 503 g/mol. The number of rotatable bonds is 12. The van der Waals surface area contributed by atoms with E-state index in [9.17, 15) is 13.2 Å². The predicted octanol–water partition coefficient (Wildman–Crippen LogP) is 2.81. The van der Waals surface area contributed by atoms with Crippen molar-refractivity contribution in [2.75, 3.05) is 45.8 Å². The van der Waals surface area contributed by atoms with Gasteiger partial charge in [0.15, 0.2) is 0 Å². The molecular formula is C24H30N4O6S. The number of methoxy groups -OCH3 is 2. The van der Waals surface area contributed by atoms with Crippen molar-refractivity contribution in [1.82, 2.24) is 14.5 Å². The Morgan fingerprint density at radius 3 is 2.23 bits per heavy atom. The zero-order chi connectivity index (χ0) is 25.4. The Kier molecular flexibility index (Phi) is 9.10. The number of anilines is 1. The van der Waals surface area contributed by atoms with E-state index in [0.717, 1.165) is 5.56 Å². The van der Waals surface area contributed by atoms with Crippen LogP contribution in [0.15, 0.2) is 51.8 Å². The van der Waals surface area contributed by atoms with Gasteiger partial charge in [-0.2, -0.15) is 4.31 Å². The maximum atomic E-state index is 13.0. The van der Waals surface area contributed by atoms with Crippen molar-refractivity contribution in [3.05, 3.63) is 70.6 Å². The number of hydrogen-bond donors (Lipinski definition) is 1. The molecule has 2 aromatic carbocycles. The second-order valence-corrected chi connectivity index (χ2v) is 9.90. The lowest BCUT2D eigenvalue weighted by Gasteiger charge is -2.21. The molecule has 0 saturated heterocycles. The van der Waals surface area contributed by atoms with E-state index in [0.29, 0.717) is 12.3 Å². The predicted molar refractivity (Wildman–Crippen MR) is 130 cm³/mol. The Bertz CT molecular complexity index is 1230. The van der Waals surface area contributed by atoms with Gasteiger partial charge in [0.05, 0.1) is 24.5 Å². The van der Waals surface area contributed by atoms with Crippen molar-refractivity contribution >= 4 is 21.9 Å². The number of sulfonamides is 1. The first-order valence-corrected chi connectivity index (χ1v) is 12.5. The zero-order valence-corrected chi connectivity index (χ0v) is 21.1. The molecule has 1 aromatic heterocycles. The van der Waals surface area contributed by atoms with Crippen molar-refractivity contribution in [2.24, 2.45) is 0 Å². The number of nitrogens with zero attached hydrogens (tertiary/aromatic N) is 3. The van der Waals surface area contributed by atoms with Crippen LogP contribution in [0, 0.1) is 13.8 Å². The van der Waals surface area contributed by atoms with Crippen LogP contribution in [0.2, 0.25) is 0 Å². The van der Waals surface area contributed by atoms with Gasteiger partial charge in [-0.1, -0.05) is 23.3 Å². The highest BCUT2D eigenvalue weighted by Crippen LogP contribution is 2.18. The van der Waals surface area contributed by atoms with Gasteiger partial charge < -0.3 is 13.9 Å². The van der Waals surface area contributed by atoms with Gasteiger partial charge in [0.1, 0.15) is 0 Å². The minimum absolute atomic E-state index is 0.0316. The number of aromatic nitrogens is 2. The van der Waals surface area contributed by atoms with Gasteiger partial charge in [0.2, 0.25) is 15.9 Å². The molecule has 0 bridgehead atoms. The van der Waals surface area contributed by atoms with Crippen molar-refractivity contribution in [1.29, 1.82) is 0 Å². The molecule has 0 unspecified atom stereocenters. The lowest BCUT2D eigenvalue weighted by Crippen LogP contribution is -2.36. The lowest BCUT2D eigenvalue weighted by molar-refractivity contribution is 0.102. The molecule has 0 fully saturated rings. The second-order valence-electron chi connectivity index (χ2n) is 7.96. The second kappa shape index (κ2) is 12.0. The number of amides is 1. The summed E-state index contributed by atoms with van der Waals surface area (Å²) in [7, 11) is -0.770. The fraction of sp³-hybridized carbons (Fsp3) is 0.375. The highest BCUT2D eigenvalue weighted by Gasteiger charge is 2.24. The lowest BCUT2D eigenvalue weighted by atomic mass is 10.0. The summed E-state index contributed by atoms with van der Waals surface area (Å²) in [5, 5.41) is 10.4. The standard InChI is InChI=1S/C24H30N4O6S/c1-17-5-6-19(15-18(17)2)16-22-26-27-24(34-22)25-23(29)20-7-9-21(10-8-20)35(30,31)28(11-13-32-3)12-14-33-4/h5-10,15H,11-14,16H2,1-4H3,(H,25,27,29). The molecule has 35 heavy (non-hydrogen) atoms. The van der Waals surface area contributed by atoms with E-state index in [1.165, 1.54) is 53.9 Å². The molecule has 188 valence electrons. The smallest absolute Gasteiger partial charge is 0.322 e. The largest absolute Gasteiger partial charge is 0.407 e. The van der Waals surface area contributed by atoms with Gasteiger partial charge in [-0.05, 0) is 54.8 Å². The number of ether oxygens (including phenoxy) is 2. The van der Waals surface area contributed by atoms with Gasteiger partial charge in [-0.25, -0.2) is 8.42 Å². The monoisotopic (exact) mass is 502 g/mol. The topological polar surface area (TPSA) is 124 Å². The molecule has 0 aliphatic rings. The van der Waals surface area contributed by atoms with Crippen molar-refractivity contribution in [2.45, 2.75) is 25.2 Å². The highest BCUT2D eigenvalue weighted by molar-refractivity contribution is 7.89. The molecule has 0 aliphatic heterocycles. The number of hydrogen-bond acceptors (Lipinski definition) is 8. The van der Waals surface area contributed by atoms with Crippen LogP contribution in [0.25, 0.3) is 0 Å². The van der Waals surface area contributed by atoms with Crippen LogP contribution in [0.4, 0.5) is 6.01 Å². The van der Waals surface area contributed by atoms with E-state index in [1.807, 2.05) is 26.0 Å². The molecule has 0 radical (unpaired) electrons. The third-order valence-electron chi connectivity index (χ3n) is 5.46. The average Bonchev–Trinajstić information content (AvgIpc) is 3.28. The molecule has 1 heterocycles. The molecule has 1 N–H and O–H groups in total. The number of carbonyl (C=O) groups is 1. The molecule has 1 amide bonds. The molecular weight excluding hydrogens is 472 g/mol. The minimum Gasteiger partial charge on any atom is -0.407 e. The van der Waals surface area contributed by atoms with Crippen LogP contribution in [-0.2, 0) is 25.9 Å². The first-order valence-electron chi connectivity index (χ1n) is 11.0. The van der Waals surface area contributed by atoms with E-state index < -0.39 is 15.9 Å². The van der Waals surface area contributed by atoms with E-state index in [2.05, 4.69) is 21.6 Å². The van der Waals surface area contributed by atoms with Crippen molar-refractivity contribution in [3.8, 4) is 0 Å². The third-order valence-corrected chi connectivity index (χ3v) is 7.37. The molecule has 11 heteroatoms. The molecule has 0 atom stereocenters. The summed E-state index contributed by atoms with van der Waals surface area (Å²) in [4.78, 5) is 12.7. The molecule has 3 rings (SSSR count). The summed E-state index contributed by atoms with van der Waals surface area (Å²) in [5.74, 6) is -0.122. The normalized spacial score (nSPS) is 11.7. The summed E-state index contributed by atoms with van der Waals surface area (Å²) < 4.78 is 42.8. The fourth-order valence-corrected chi connectivity index (χ4v) is 4.71. The van der Waals surface area contributed by atoms with Crippen LogP contribution >= 0.6 is 0 Å².